The first-order chi connectivity index (χ1) is 8.56. The minimum Gasteiger partial charge on any atom is -0.467 e. The van der Waals surface area contributed by atoms with Crippen molar-refractivity contribution in [1.82, 2.24) is 9.97 Å². The molecule has 0 bridgehead atoms. The predicted octanol–water partition coefficient (Wildman–Crippen LogP) is 1.52. The molecule has 6 nitrogen and oxygen atoms in total. The molecule has 1 atom stereocenters. The number of carbonyl (C=O) groups is 1. The van der Waals surface area contributed by atoms with Gasteiger partial charge in [0.1, 0.15) is 17.7 Å². The monoisotopic (exact) mass is 252 g/mol. The summed E-state index contributed by atoms with van der Waals surface area (Å²) in [6.07, 6.45) is 3.87. The van der Waals surface area contributed by atoms with E-state index in [-0.39, 0.29) is 5.97 Å². The topological polar surface area (TPSA) is 76.1 Å². The normalized spacial score (nSPS) is 12.1. The molecular formula is C12H20N4O2. The van der Waals surface area contributed by atoms with Crippen LogP contribution in [0.4, 0.5) is 11.6 Å². The van der Waals surface area contributed by atoms with E-state index in [2.05, 4.69) is 20.6 Å². The van der Waals surface area contributed by atoms with Gasteiger partial charge in [-0.05, 0) is 12.3 Å². The predicted molar refractivity (Wildman–Crippen MR) is 70.5 cm³/mol. The second-order valence-corrected chi connectivity index (χ2v) is 4.39. The zero-order valence-electron chi connectivity index (χ0n) is 11.2. The quantitative estimate of drug-likeness (QED) is 0.747. The third-order valence-corrected chi connectivity index (χ3v) is 2.41. The Morgan fingerprint density at radius 1 is 1.39 bits per heavy atom. The lowest BCUT2D eigenvalue weighted by Gasteiger charge is -2.18. The summed E-state index contributed by atoms with van der Waals surface area (Å²) >= 11 is 0. The highest BCUT2D eigenvalue weighted by Crippen LogP contribution is 2.13. The van der Waals surface area contributed by atoms with Crippen LogP contribution in [0, 0.1) is 5.92 Å². The molecule has 1 heterocycles. The summed E-state index contributed by atoms with van der Waals surface area (Å²) < 4.78 is 4.78. The molecule has 1 aromatic heterocycles. The zero-order chi connectivity index (χ0) is 13.5. The average molecular weight is 252 g/mol. The second kappa shape index (κ2) is 6.78. The lowest BCUT2D eigenvalue weighted by atomic mass is 10.0. The van der Waals surface area contributed by atoms with E-state index in [1.807, 2.05) is 13.8 Å². The summed E-state index contributed by atoms with van der Waals surface area (Å²) in [5, 5.41) is 5.94. The smallest absolute Gasteiger partial charge is 0.328 e. The van der Waals surface area contributed by atoms with Gasteiger partial charge in [-0.3, -0.25) is 4.98 Å². The summed E-state index contributed by atoms with van der Waals surface area (Å²) in [5.41, 5.74) is 0. The highest BCUT2D eigenvalue weighted by atomic mass is 16.5. The van der Waals surface area contributed by atoms with Crippen molar-refractivity contribution < 1.29 is 9.53 Å². The number of esters is 1. The van der Waals surface area contributed by atoms with Crippen LogP contribution in [-0.2, 0) is 9.53 Å². The summed E-state index contributed by atoms with van der Waals surface area (Å²) in [6.45, 7) is 4.10. The van der Waals surface area contributed by atoms with Gasteiger partial charge in [0.05, 0.1) is 19.5 Å². The molecule has 100 valence electrons. The van der Waals surface area contributed by atoms with Crippen LogP contribution in [-0.4, -0.2) is 36.1 Å². The number of nitrogens with zero attached hydrogens (tertiary/aromatic N) is 2. The number of ether oxygens (including phenoxy) is 1. The van der Waals surface area contributed by atoms with Crippen molar-refractivity contribution >= 4 is 17.6 Å². The van der Waals surface area contributed by atoms with Crippen molar-refractivity contribution in [2.45, 2.75) is 26.3 Å². The molecular weight excluding hydrogens is 232 g/mol. The summed E-state index contributed by atoms with van der Waals surface area (Å²) in [4.78, 5) is 20.0. The highest BCUT2D eigenvalue weighted by Gasteiger charge is 2.20. The second-order valence-electron chi connectivity index (χ2n) is 4.39. The highest BCUT2D eigenvalue weighted by molar-refractivity contribution is 5.78. The number of hydrogen-bond acceptors (Lipinski definition) is 6. The minimum absolute atomic E-state index is 0.291. The molecule has 0 amide bonds. The first kappa shape index (κ1) is 14.2. The van der Waals surface area contributed by atoms with Crippen molar-refractivity contribution in [3.63, 3.8) is 0 Å². The molecule has 0 spiro atoms. The Kier molecular flexibility index (Phi) is 5.35. The average Bonchev–Trinajstić information content (AvgIpc) is 2.36. The standard InChI is InChI=1S/C12H20N4O2/c1-8(2)5-9(12(17)18-4)15-11-7-14-6-10(13-3)16-11/h6-9H,5H2,1-4H3,(H2,13,15,16). The van der Waals surface area contributed by atoms with E-state index in [0.29, 0.717) is 24.0 Å². The van der Waals surface area contributed by atoms with Crippen molar-refractivity contribution in [3.8, 4) is 0 Å². The largest absolute Gasteiger partial charge is 0.467 e. The van der Waals surface area contributed by atoms with Gasteiger partial charge in [0, 0.05) is 7.05 Å². The minimum atomic E-state index is -0.406. The maximum atomic E-state index is 11.7. The molecule has 0 saturated carbocycles. The molecule has 1 unspecified atom stereocenters. The van der Waals surface area contributed by atoms with Crippen LogP contribution in [0.2, 0.25) is 0 Å². The van der Waals surface area contributed by atoms with Crippen LogP contribution < -0.4 is 10.6 Å². The van der Waals surface area contributed by atoms with Gasteiger partial charge in [-0.25, -0.2) is 9.78 Å². The van der Waals surface area contributed by atoms with Gasteiger partial charge < -0.3 is 15.4 Å². The number of aromatic nitrogens is 2. The lowest BCUT2D eigenvalue weighted by molar-refractivity contribution is -0.141. The van der Waals surface area contributed by atoms with Crippen LogP contribution in [0.1, 0.15) is 20.3 Å². The maximum Gasteiger partial charge on any atom is 0.328 e. The molecule has 18 heavy (non-hydrogen) atoms. The molecule has 0 aliphatic carbocycles. The van der Waals surface area contributed by atoms with Crippen molar-refractivity contribution in [2.75, 3.05) is 24.8 Å². The van der Waals surface area contributed by atoms with Crippen LogP contribution in [0.5, 0.6) is 0 Å². The summed E-state index contributed by atoms with van der Waals surface area (Å²) in [6, 6.07) is -0.406. The number of hydrogen-bond donors (Lipinski definition) is 2. The molecule has 1 rings (SSSR count). The molecule has 0 aliphatic heterocycles. The number of anilines is 2. The van der Waals surface area contributed by atoms with Crippen molar-refractivity contribution in [3.05, 3.63) is 12.4 Å². The Balaban J connectivity index is 2.78. The number of methoxy groups -OCH3 is 1. The number of rotatable bonds is 6. The molecule has 0 radical (unpaired) electrons. The van der Waals surface area contributed by atoms with E-state index in [0.717, 1.165) is 0 Å². The fourth-order valence-corrected chi connectivity index (χ4v) is 1.56. The molecule has 6 heteroatoms. The lowest BCUT2D eigenvalue weighted by Crippen LogP contribution is -2.32. The van der Waals surface area contributed by atoms with Gasteiger partial charge in [0.15, 0.2) is 0 Å². The SMILES string of the molecule is CNc1cncc(NC(CC(C)C)C(=O)OC)n1. The van der Waals surface area contributed by atoms with Crippen LogP contribution in [0.3, 0.4) is 0 Å². The van der Waals surface area contributed by atoms with Gasteiger partial charge in [0.2, 0.25) is 0 Å². The van der Waals surface area contributed by atoms with Crippen LogP contribution in [0.15, 0.2) is 12.4 Å². The van der Waals surface area contributed by atoms with E-state index in [1.165, 1.54) is 7.11 Å². The van der Waals surface area contributed by atoms with Gasteiger partial charge in [-0.2, -0.15) is 0 Å². The Morgan fingerprint density at radius 3 is 2.61 bits per heavy atom. The number of carbonyl (C=O) groups excluding carboxylic acids is 1. The molecule has 1 aromatic rings. The Hall–Kier alpha value is -1.85. The van der Waals surface area contributed by atoms with E-state index in [1.54, 1.807) is 19.4 Å². The van der Waals surface area contributed by atoms with Gasteiger partial charge >= 0.3 is 5.97 Å². The van der Waals surface area contributed by atoms with Gasteiger partial charge in [0.25, 0.3) is 0 Å². The Labute approximate surface area is 107 Å². The third kappa shape index (κ3) is 4.20. The van der Waals surface area contributed by atoms with E-state index < -0.39 is 6.04 Å². The van der Waals surface area contributed by atoms with E-state index in [9.17, 15) is 4.79 Å². The Morgan fingerprint density at radius 2 is 2.06 bits per heavy atom. The summed E-state index contributed by atoms with van der Waals surface area (Å²) in [5.74, 6) is 1.29. The van der Waals surface area contributed by atoms with Crippen molar-refractivity contribution in [1.29, 1.82) is 0 Å². The molecule has 2 N–H and O–H groups in total. The molecule has 0 saturated heterocycles. The van der Waals surface area contributed by atoms with Crippen LogP contribution in [0.25, 0.3) is 0 Å². The van der Waals surface area contributed by atoms with Crippen molar-refractivity contribution in [2.24, 2.45) is 5.92 Å². The van der Waals surface area contributed by atoms with E-state index in [4.69, 9.17) is 4.74 Å². The zero-order valence-corrected chi connectivity index (χ0v) is 11.2. The summed E-state index contributed by atoms with van der Waals surface area (Å²) in [7, 11) is 3.15. The first-order valence-electron chi connectivity index (χ1n) is 5.91. The Bertz CT molecular complexity index is 395. The first-order valence-corrected chi connectivity index (χ1v) is 5.91. The third-order valence-electron chi connectivity index (χ3n) is 2.41. The molecule has 0 aliphatic rings. The number of nitrogens with one attached hydrogen (secondary N) is 2. The molecule has 0 aromatic carbocycles. The maximum absolute atomic E-state index is 11.7. The molecule has 0 fully saturated rings. The fraction of sp³-hybridized carbons (Fsp3) is 0.583. The van der Waals surface area contributed by atoms with E-state index >= 15 is 0 Å². The fourth-order valence-electron chi connectivity index (χ4n) is 1.56. The van der Waals surface area contributed by atoms with Gasteiger partial charge in [-0.1, -0.05) is 13.8 Å². The van der Waals surface area contributed by atoms with Gasteiger partial charge in [-0.15, -0.1) is 0 Å². The van der Waals surface area contributed by atoms with Crippen LogP contribution >= 0.6 is 0 Å².